The second-order valence-electron chi connectivity index (χ2n) is 6.69. The largest absolute Gasteiger partial charge is 0.421 e. The smallest absolute Gasteiger partial charge is 0.248 e. The maximum atomic E-state index is 12.3. The first-order chi connectivity index (χ1) is 14.7. The summed E-state index contributed by atoms with van der Waals surface area (Å²) in [7, 11) is 0. The molecule has 5 aromatic heterocycles. The van der Waals surface area contributed by atoms with E-state index in [0.29, 0.717) is 30.4 Å². The Morgan fingerprint density at radius 1 is 1.20 bits per heavy atom. The van der Waals surface area contributed by atoms with Crippen LogP contribution in [0.1, 0.15) is 18.0 Å². The zero-order valence-corrected chi connectivity index (χ0v) is 16.6. The van der Waals surface area contributed by atoms with E-state index in [1.165, 1.54) is 0 Å². The number of hydrogen-bond acceptors (Lipinski definition) is 7. The first kappa shape index (κ1) is 18.3. The van der Waals surface area contributed by atoms with Gasteiger partial charge in [-0.3, -0.25) is 9.48 Å². The molecule has 0 fully saturated rings. The Morgan fingerprint density at radius 3 is 3.03 bits per heavy atom. The van der Waals surface area contributed by atoms with E-state index in [9.17, 15) is 4.79 Å². The third kappa shape index (κ3) is 3.98. The minimum Gasteiger partial charge on any atom is -0.421 e. The van der Waals surface area contributed by atoms with E-state index in [-0.39, 0.29) is 12.3 Å². The van der Waals surface area contributed by atoms with Crippen molar-refractivity contribution < 1.29 is 9.21 Å². The molecule has 0 unspecified atom stereocenters. The Labute approximate surface area is 175 Å². The van der Waals surface area contributed by atoms with Gasteiger partial charge in [-0.25, -0.2) is 4.98 Å². The Morgan fingerprint density at radius 2 is 2.17 bits per heavy atom. The van der Waals surface area contributed by atoms with Gasteiger partial charge in [0.25, 0.3) is 0 Å². The highest BCUT2D eigenvalue weighted by Gasteiger charge is 2.12. The van der Waals surface area contributed by atoms with Crippen LogP contribution in [0, 0.1) is 0 Å². The second kappa shape index (κ2) is 7.91. The van der Waals surface area contributed by atoms with Gasteiger partial charge in [0.15, 0.2) is 0 Å². The molecular formula is C20H17N7O2S. The van der Waals surface area contributed by atoms with Gasteiger partial charge in [-0.05, 0) is 23.6 Å². The zero-order valence-electron chi connectivity index (χ0n) is 15.8. The first-order valence-electron chi connectivity index (χ1n) is 9.33. The van der Waals surface area contributed by atoms with Gasteiger partial charge in [0, 0.05) is 42.4 Å². The average molecular weight is 419 g/mol. The molecule has 5 rings (SSSR count). The van der Waals surface area contributed by atoms with Crippen molar-refractivity contribution >= 4 is 28.6 Å². The zero-order chi connectivity index (χ0) is 20.3. The fraction of sp³-hybridized carbons (Fsp3) is 0.150. The third-order valence-electron chi connectivity index (χ3n) is 4.46. The number of hydrogen-bond donors (Lipinski definition) is 1. The number of nitrogens with zero attached hydrogens (tertiary/aromatic N) is 6. The Balaban J connectivity index is 1.15. The summed E-state index contributed by atoms with van der Waals surface area (Å²) in [4.78, 5) is 16.8. The summed E-state index contributed by atoms with van der Waals surface area (Å²) in [5.41, 5.74) is 3.30. The molecule has 150 valence electrons. The van der Waals surface area contributed by atoms with Crippen molar-refractivity contribution in [3.05, 3.63) is 71.4 Å². The Bertz CT molecular complexity index is 1250. The van der Waals surface area contributed by atoms with Crippen LogP contribution in [0.25, 0.3) is 17.1 Å². The normalized spacial score (nSPS) is 11.2. The number of rotatable bonds is 7. The lowest BCUT2D eigenvalue weighted by Gasteiger charge is -2.00. The summed E-state index contributed by atoms with van der Waals surface area (Å²) in [6, 6.07) is 7.77. The van der Waals surface area contributed by atoms with Crippen LogP contribution in [0.3, 0.4) is 0 Å². The van der Waals surface area contributed by atoms with Gasteiger partial charge >= 0.3 is 0 Å². The number of anilines is 1. The van der Waals surface area contributed by atoms with Gasteiger partial charge in [0.1, 0.15) is 5.65 Å². The van der Waals surface area contributed by atoms with Crippen molar-refractivity contribution in [3.8, 4) is 11.5 Å². The maximum Gasteiger partial charge on any atom is 0.248 e. The molecule has 30 heavy (non-hydrogen) atoms. The van der Waals surface area contributed by atoms with Crippen molar-refractivity contribution in [1.29, 1.82) is 0 Å². The van der Waals surface area contributed by atoms with Crippen molar-refractivity contribution in [1.82, 2.24) is 29.4 Å². The number of imidazole rings is 1. The number of carbonyl (C=O) groups is 1. The van der Waals surface area contributed by atoms with Crippen molar-refractivity contribution in [2.24, 2.45) is 0 Å². The number of thiophene rings is 1. The minimum absolute atomic E-state index is 0.141. The van der Waals surface area contributed by atoms with E-state index in [1.54, 1.807) is 28.4 Å². The lowest BCUT2D eigenvalue weighted by molar-refractivity contribution is -0.116. The van der Waals surface area contributed by atoms with Crippen LogP contribution in [0.5, 0.6) is 0 Å². The lowest BCUT2D eigenvalue weighted by Crippen LogP contribution is -2.12. The SMILES string of the molecule is O=C(CCc1nnc(-c2ccsc2)o1)Nc1cnn(Cc2cn3ccccc3n2)c1. The van der Waals surface area contributed by atoms with Crippen LogP contribution in [0.2, 0.25) is 0 Å². The Kier molecular flexibility index (Phi) is 4.81. The number of fused-ring (bicyclic) bond motifs is 1. The molecule has 5 heterocycles. The summed E-state index contributed by atoms with van der Waals surface area (Å²) in [5, 5.41) is 19.0. The number of aromatic nitrogens is 6. The van der Waals surface area contributed by atoms with E-state index in [0.717, 1.165) is 16.9 Å². The summed E-state index contributed by atoms with van der Waals surface area (Å²) in [5.74, 6) is 0.770. The highest BCUT2D eigenvalue weighted by molar-refractivity contribution is 7.08. The number of amides is 1. The van der Waals surface area contributed by atoms with Crippen LogP contribution >= 0.6 is 11.3 Å². The molecule has 0 saturated heterocycles. The predicted octanol–water partition coefficient (Wildman–Crippen LogP) is 3.26. The quantitative estimate of drug-likeness (QED) is 0.434. The van der Waals surface area contributed by atoms with Gasteiger partial charge in [-0.2, -0.15) is 16.4 Å². The average Bonchev–Trinajstić information content (AvgIpc) is 3.52. The van der Waals surface area contributed by atoms with Crippen molar-refractivity contribution in [3.63, 3.8) is 0 Å². The fourth-order valence-electron chi connectivity index (χ4n) is 3.05. The summed E-state index contributed by atoms with van der Waals surface area (Å²) < 4.78 is 9.30. The van der Waals surface area contributed by atoms with Crippen LogP contribution in [-0.2, 0) is 17.8 Å². The van der Waals surface area contributed by atoms with E-state index in [1.807, 2.05) is 51.8 Å². The maximum absolute atomic E-state index is 12.3. The molecule has 0 saturated carbocycles. The van der Waals surface area contributed by atoms with E-state index < -0.39 is 0 Å². The fourth-order valence-corrected chi connectivity index (χ4v) is 3.68. The van der Waals surface area contributed by atoms with Crippen LogP contribution in [-0.4, -0.2) is 35.3 Å². The molecule has 10 heteroatoms. The van der Waals surface area contributed by atoms with Gasteiger partial charge < -0.3 is 14.1 Å². The molecule has 9 nitrogen and oxygen atoms in total. The minimum atomic E-state index is -0.141. The molecule has 1 amide bonds. The second-order valence-corrected chi connectivity index (χ2v) is 7.47. The monoisotopic (exact) mass is 419 g/mol. The molecule has 0 aliphatic rings. The molecular weight excluding hydrogens is 402 g/mol. The topological polar surface area (TPSA) is 103 Å². The van der Waals surface area contributed by atoms with Crippen LogP contribution in [0.4, 0.5) is 5.69 Å². The molecule has 0 spiro atoms. The van der Waals surface area contributed by atoms with Crippen molar-refractivity contribution in [2.75, 3.05) is 5.32 Å². The summed E-state index contributed by atoms with van der Waals surface area (Å²) in [6.45, 7) is 0.519. The molecule has 0 radical (unpaired) electrons. The molecule has 1 N–H and O–H groups in total. The number of nitrogens with one attached hydrogen (secondary N) is 1. The van der Waals surface area contributed by atoms with Crippen LogP contribution in [0.15, 0.2) is 64.2 Å². The molecule has 0 aliphatic carbocycles. The van der Waals surface area contributed by atoms with Gasteiger partial charge in [0.05, 0.1) is 24.1 Å². The molecule has 5 aromatic rings. The van der Waals surface area contributed by atoms with E-state index in [2.05, 4.69) is 25.6 Å². The van der Waals surface area contributed by atoms with Gasteiger partial charge in [-0.1, -0.05) is 6.07 Å². The molecule has 0 atom stereocenters. The first-order valence-corrected chi connectivity index (χ1v) is 10.3. The predicted molar refractivity (Wildman–Crippen MR) is 111 cm³/mol. The third-order valence-corrected chi connectivity index (χ3v) is 5.14. The van der Waals surface area contributed by atoms with Gasteiger partial charge in [-0.15, -0.1) is 10.2 Å². The van der Waals surface area contributed by atoms with Crippen LogP contribution < -0.4 is 5.32 Å². The molecule has 0 aliphatic heterocycles. The standard InChI is InChI=1S/C20H17N7O2S/c28-18(4-5-19-24-25-20(29-19)14-6-8-30-13-14)23-15-9-21-27(11-15)12-16-10-26-7-2-1-3-17(26)22-16/h1-3,6-11,13H,4-5,12H2,(H,23,28). The molecule has 0 bridgehead atoms. The van der Waals surface area contributed by atoms with Crippen molar-refractivity contribution in [2.45, 2.75) is 19.4 Å². The van der Waals surface area contributed by atoms with E-state index in [4.69, 9.17) is 4.42 Å². The molecule has 0 aromatic carbocycles. The Hall–Kier alpha value is -3.79. The highest BCUT2D eigenvalue weighted by atomic mass is 32.1. The highest BCUT2D eigenvalue weighted by Crippen LogP contribution is 2.21. The van der Waals surface area contributed by atoms with E-state index >= 15 is 0 Å². The van der Waals surface area contributed by atoms with Gasteiger partial charge in [0.2, 0.25) is 17.7 Å². The number of carbonyl (C=O) groups excluding carboxylic acids is 1. The summed E-state index contributed by atoms with van der Waals surface area (Å²) in [6.07, 6.45) is 7.93. The summed E-state index contributed by atoms with van der Waals surface area (Å²) >= 11 is 1.56. The number of aryl methyl sites for hydroxylation is 1. The number of pyridine rings is 1. The lowest BCUT2D eigenvalue weighted by atomic mass is 10.3.